The van der Waals surface area contributed by atoms with E-state index < -0.39 is 0 Å². The highest BCUT2D eigenvalue weighted by atomic mass is 16.2. The monoisotopic (exact) mass is 224 g/mol. The number of allylic oxidation sites excluding steroid dienone is 2. The van der Waals surface area contributed by atoms with Gasteiger partial charge in [-0.1, -0.05) is 12.2 Å². The van der Waals surface area contributed by atoms with Gasteiger partial charge in [0.1, 0.15) is 0 Å². The molecule has 0 aliphatic heterocycles. The molecule has 0 saturated heterocycles. The molecule has 1 amide bonds. The van der Waals surface area contributed by atoms with Gasteiger partial charge in [-0.2, -0.15) is 0 Å². The summed E-state index contributed by atoms with van der Waals surface area (Å²) >= 11 is 0. The maximum absolute atomic E-state index is 11.6. The smallest absolute Gasteiger partial charge is 0.237 e. The van der Waals surface area contributed by atoms with Crippen LogP contribution in [0.5, 0.6) is 0 Å². The molecule has 0 radical (unpaired) electrons. The van der Waals surface area contributed by atoms with E-state index in [9.17, 15) is 4.79 Å². The molecule has 0 aromatic carbocycles. The molecule has 0 aromatic heterocycles. The molecule has 0 bridgehead atoms. The van der Waals surface area contributed by atoms with Crippen LogP contribution in [0.2, 0.25) is 0 Å². The Hall–Kier alpha value is -0.830. The quantitative estimate of drug-likeness (QED) is 0.700. The Morgan fingerprint density at radius 1 is 1.38 bits per heavy atom. The molecule has 0 heterocycles. The van der Waals surface area contributed by atoms with Crippen LogP contribution in [0.1, 0.15) is 40.0 Å². The minimum absolute atomic E-state index is 0.0895. The zero-order chi connectivity index (χ0) is 12.0. The van der Waals surface area contributed by atoms with Crippen molar-refractivity contribution >= 4 is 5.91 Å². The second-order valence-electron chi connectivity index (χ2n) is 4.94. The predicted molar refractivity (Wildman–Crippen MR) is 67.2 cm³/mol. The van der Waals surface area contributed by atoms with E-state index >= 15 is 0 Å². The van der Waals surface area contributed by atoms with E-state index in [1.165, 1.54) is 12.8 Å². The highest BCUT2D eigenvalue weighted by Gasteiger charge is 2.15. The number of carbonyl (C=O) groups excluding carboxylic acids is 1. The number of carbonyl (C=O) groups is 1. The second-order valence-corrected chi connectivity index (χ2v) is 4.94. The van der Waals surface area contributed by atoms with Crippen LogP contribution in [-0.2, 0) is 4.79 Å². The number of hydrogen-bond donors (Lipinski definition) is 2. The molecule has 3 nitrogen and oxygen atoms in total. The van der Waals surface area contributed by atoms with Crippen LogP contribution in [0.4, 0.5) is 0 Å². The van der Waals surface area contributed by atoms with Gasteiger partial charge in [0.05, 0.1) is 6.04 Å². The van der Waals surface area contributed by atoms with Crippen molar-refractivity contribution in [2.75, 3.05) is 6.54 Å². The summed E-state index contributed by atoms with van der Waals surface area (Å²) in [6.07, 6.45) is 8.05. The average molecular weight is 224 g/mol. The average Bonchev–Trinajstić information content (AvgIpc) is 2.26. The first kappa shape index (κ1) is 13.2. The summed E-state index contributed by atoms with van der Waals surface area (Å²) in [5.74, 6) is 0.792. The van der Waals surface area contributed by atoms with E-state index in [1.54, 1.807) is 0 Å². The maximum Gasteiger partial charge on any atom is 0.237 e. The van der Waals surface area contributed by atoms with Gasteiger partial charge in [-0.3, -0.25) is 4.79 Å². The van der Waals surface area contributed by atoms with Gasteiger partial charge in [0.2, 0.25) is 5.91 Å². The van der Waals surface area contributed by atoms with Crippen LogP contribution in [0.15, 0.2) is 12.2 Å². The summed E-state index contributed by atoms with van der Waals surface area (Å²) in [6, 6.07) is 0.127. The van der Waals surface area contributed by atoms with E-state index in [0.717, 1.165) is 13.0 Å². The topological polar surface area (TPSA) is 41.1 Å². The standard InChI is InChI=1S/C13H24N2O/c1-10(2)15-13(16)11(3)14-9-12-7-5-4-6-8-12/h4-5,10-12,14H,6-9H2,1-3H3,(H,15,16). The Balaban J connectivity index is 2.20. The number of rotatable bonds is 5. The molecule has 2 N–H and O–H groups in total. The molecule has 16 heavy (non-hydrogen) atoms. The fourth-order valence-electron chi connectivity index (χ4n) is 1.89. The third kappa shape index (κ3) is 4.79. The van der Waals surface area contributed by atoms with Crippen LogP contribution in [0, 0.1) is 5.92 Å². The zero-order valence-electron chi connectivity index (χ0n) is 10.6. The van der Waals surface area contributed by atoms with E-state index in [4.69, 9.17) is 0 Å². The van der Waals surface area contributed by atoms with Crippen molar-refractivity contribution in [1.29, 1.82) is 0 Å². The highest BCUT2D eigenvalue weighted by molar-refractivity contribution is 5.81. The Morgan fingerprint density at radius 3 is 2.69 bits per heavy atom. The largest absolute Gasteiger partial charge is 0.353 e. The molecule has 0 spiro atoms. The van der Waals surface area contributed by atoms with Crippen molar-refractivity contribution in [3.8, 4) is 0 Å². The Morgan fingerprint density at radius 2 is 2.12 bits per heavy atom. The third-order valence-electron chi connectivity index (χ3n) is 2.91. The van der Waals surface area contributed by atoms with Gasteiger partial charge in [-0.25, -0.2) is 0 Å². The number of amides is 1. The van der Waals surface area contributed by atoms with Crippen molar-refractivity contribution in [3.05, 3.63) is 12.2 Å². The van der Waals surface area contributed by atoms with Gasteiger partial charge in [-0.05, 0) is 52.5 Å². The minimum Gasteiger partial charge on any atom is -0.353 e. The van der Waals surface area contributed by atoms with Crippen LogP contribution in [0.25, 0.3) is 0 Å². The predicted octanol–water partition coefficient (Wildman–Crippen LogP) is 1.85. The molecule has 92 valence electrons. The molecule has 1 aliphatic rings. The fourth-order valence-corrected chi connectivity index (χ4v) is 1.89. The van der Waals surface area contributed by atoms with Gasteiger partial charge in [0.15, 0.2) is 0 Å². The molecule has 0 saturated carbocycles. The summed E-state index contributed by atoms with van der Waals surface area (Å²) in [5.41, 5.74) is 0. The van der Waals surface area contributed by atoms with E-state index in [1.807, 2.05) is 20.8 Å². The lowest BCUT2D eigenvalue weighted by molar-refractivity contribution is -0.123. The molecule has 3 heteroatoms. The van der Waals surface area contributed by atoms with Gasteiger partial charge in [-0.15, -0.1) is 0 Å². The molecule has 2 atom stereocenters. The molecule has 0 fully saturated rings. The molecule has 2 unspecified atom stereocenters. The second kappa shape index (κ2) is 6.69. The lowest BCUT2D eigenvalue weighted by Crippen LogP contribution is -2.46. The van der Waals surface area contributed by atoms with Gasteiger partial charge in [0.25, 0.3) is 0 Å². The fraction of sp³-hybridized carbons (Fsp3) is 0.769. The van der Waals surface area contributed by atoms with E-state index in [0.29, 0.717) is 5.92 Å². The van der Waals surface area contributed by atoms with Crippen molar-refractivity contribution in [3.63, 3.8) is 0 Å². The molecular weight excluding hydrogens is 200 g/mol. The molecule has 0 aromatic rings. The SMILES string of the molecule is CC(C)NC(=O)C(C)NCC1CC=CCC1. The van der Waals surface area contributed by atoms with Crippen LogP contribution >= 0.6 is 0 Å². The Kier molecular flexibility index (Phi) is 5.53. The summed E-state index contributed by atoms with van der Waals surface area (Å²) in [5, 5.41) is 6.23. The van der Waals surface area contributed by atoms with Crippen molar-refractivity contribution in [2.45, 2.75) is 52.1 Å². The first-order valence-corrected chi connectivity index (χ1v) is 6.28. The van der Waals surface area contributed by atoms with Crippen LogP contribution in [-0.4, -0.2) is 24.5 Å². The van der Waals surface area contributed by atoms with Gasteiger partial charge >= 0.3 is 0 Å². The van der Waals surface area contributed by atoms with Gasteiger partial charge < -0.3 is 10.6 Å². The first-order chi connectivity index (χ1) is 7.59. The number of nitrogens with one attached hydrogen (secondary N) is 2. The highest BCUT2D eigenvalue weighted by Crippen LogP contribution is 2.16. The van der Waals surface area contributed by atoms with E-state index in [2.05, 4.69) is 22.8 Å². The van der Waals surface area contributed by atoms with Crippen molar-refractivity contribution < 1.29 is 4.79 Å². The first-order valence-electron chi connectivity index (χ1n) is 6.28. The van der Waals surface area contributed by atoms with Crippen molar-refractivity contribution in [2.24, 2.45) is 5.92 Å². The Labute approximate surface area is 98.7 Å². The van der Waals surface area contributed by atoms with Crippen LogP contribution < -0.4 is 10.6 Å². The van der Waals surface area contributed by atoms with Gasteiger partial charge in [0, 0.05) is 6.04 Å². The van der Waals surface area contributed by atoms with Crippen LogP contribution in [0.3, 0.4) is 0 Å². The van der Waals surface area contributed by atoms with Crippen molar-refractivity contribution in [1.82, 2.24) is 10.6 Å². The Bertz CT molecular complexity index is 248. The number of hydrogen-bond acceptors (Lipinski definition) is 2. The maximum atomic E-state index is 11.6. The summed E-state index contributed by atoms with van der Waals surface area (Å²) in [4.78, 5) is 11.6. The third-order valence-corrected chi connectivity index (χ3v) is 2.91. The molecule has 1 rings (SSSR count). The lowest BCUT2D eigenvalue weighted by atomic mass is 9.94. The minimum atomic E-state index is -0.0895. The molecule has 1 aliphatic carbocycles. The summed E-state index contributed by atoms with van der Waals surface area (Å²) < 4.78 is 0. The summed E-state index contributed by atoms with van der Waals surface area (Å²) in [7, 11) is 0. The normalized spacial score (nSPS) is 22.1. The van der Waals surface area contributed by atoms with E-state index in [-0.39, 0.29) is 18.0 Å². The molecular formula is C13H24N2O. The zero-order valence-corrected chi connectivity index (χ0v) is 10.6. The summed E-state index contributed by atoms with van der Waals surface area (Å²) in [6.45, 7) is 6.83. The lowest BCUT2D eigenvalue weighted by Gasteiger charge is -2.21.